The highest BCUT2D eigenvalue weighted by Gasteiger charge is 2.33. The van der Waals surface area contributed by atoms with Crippen LogP contribution in [0.25, 0.3) is 0 Å². The molecule has 2 aromatic carbocycles. The van der Waals surface area contributed by atoms with Gasteiger partial charge in [-0.15, -0.1) is 11.3 Å². The summed E-state index contributed by atoms with van der Waals surface area (Å²) < 4.78 is 0. The Morgan fingerprint density at radius 1 is 1.00 bits per heavy atom. The van der Waals surface area contributed by atoms with Gasteiger partial charge in [-0.25, -0.2) is 0 Å². The topological polar surface area (TPSA) is 49.4 Å². The predicted molar refractivity (Wildman–Crippen MR) is 130 cm³/mol. The van der Waals surface area contributed by atoms with Gasteiger partial charge in [0.1, 0.15) is 6.04 Å². The van der Waals surface area contributed by atoms with E-state index in [9.17, 15) is 9.59 Å². The third-order valence-electron chi connectivity index (χ3n) is 5.87. The molecule has 1 aliphatic rings. The molecule has 166 valence electrons. The third-order valence-corrected chi connectivity index (χ3v) is 7.00. The average molecular weight is 467 g/mol. The van der Waals surface area contributed by atoms with Gasteiger partial charge in [0, 0.05) is 22.5 Å². The zero-order valence-electron chi connectivity index (χ0n) is 17.9. The van der Waals surface area contributed by atoms with Crippen LogP contribution in [0.1, 0.15) is 47.7 Å². The minimum Gasteiger partial charge on any atom is -0.351 e. The largest absolute Gasteiger partial charge is 0.351 e. The molecule has 1 heterocycles. The minimum absolute atomic E-state index is 0.0715. The fourth-order valence-corrected chi connectivity index (χ4v) is 5.06. The first-order valence-electron chi connectivity index (χ1n) is 11.0. The van der Waals surface area contributed by atoms with Crippen LogP contribution in [0.2, 0.25) is 5.02 Å². The number of amides is 2. The van der Waals surface area contributed by atoms with Crippen molar-refractivity contribution in [2.45, 2.75) is 50.7 Å². The molecule has 0 spiro atoms. The van der Waals surface area contributed by atoms with E-state index in [4.69, 9.17) is 11.6 Å². The van der Waals surface area contributed by atoms with Crippen molar-refractivity contribution in [3.05, 3.63) is 93.1 Å². The molecule has 32 heavy (non-hydrogen) atoms. The van der Waals surface area contributed by atoms with E-state index in [2.05, 4.69) is 5.32 Å². The van der Waals surface area contributed by atoms with Gasteiger partial charge in [-0.3, -0.25) is 9.59 Å². The van der Waals surface area contributed by atoms with Crippen LogP contribution in [-0.2, 0) is 22.6 Å². The summed E-state index contributed by atoms with van der Waals surface area (Å²) in [7, 11) is 0. The maximum Gasteiger partial charge on any atom is 0.247 e. The van der Waals surface area contributed by atoms with Gasteiger partial charge in [0.2, 0.25) is 11.8 Å². The molecule has 6 heteroatoms. The Morgan fingerprint density at radius 3 is 2.38 bits per heavy atom. The van der Waals surface area contributed by atoms with E-state index in [1.54, 1.807) is 28.4 Å². The zero-order valence-corrected chi connectivity index (χ0v) is 19.4. The molecule has 1 saturated carbocycles. The molecule has 1 unspecified atom stereocenters. The lowest BCUT2D eigenvalue weighted by Gasteiger charge is -2.32. The predicted octanol–water partition coefficient (Wildman–Crippen LogP) is 5.77. The number of nitrogens with one attached hydrogen (secondary N) is 1. The standard InChI is InChI=1S/C26H27ClN2O2S/c27-21-14-12-20(13-15-21)25(26(31)28-22-9-4-5-10-22)29(18-19-7-2-1-3-8-19)24(30)17-23-11-6-16-32-23/h1-3,6-8,11-16,22,25H,4-5,9-10,17-18H2,(H,28,31). The van der Waals surface area contributed by atoms with Crippen molar-refractivity contribution in [2.24, 2.45) is 0 Å². The third kappa shape index (κ3) is 5.78. The Balaban J connectivity index is 1.68. The second-order valence-electron chi connectivity index (χ2n) is 8.21. The fourth-order valence-electron chi connectivity index (χ4n) is 4.24. The Labute approximate surface area is 198 Å². The fraction of sp³-hybridized carbons (Fsp3) is 0.308. The maximum atomic E-state index is 13.6. The molecule has 1 fully saturated rings. The van der Waals surface area contributed by atoms with E-state index in [-0.39, 0.29) is 24.3 Å². The first kappa shape index (κ1) is 22.6. The van der Waals surface area contributed by atoms with Gasteiger partial charge >= 0.3 is 0 Å². The van der Waals surface area contributed by atoms with Gasteiger partial charge in [-0.2, -0.15) is 0 Å². The Kier molecular flexibility index (Phi) is 7.61. The number of carbonyl (C=O) groups is 2. The Morgan fingerprint density at radius 2 is 1.72 bits per heavy atom. The van der Waals surface area contributed by atoms with Crippen LogP contribution in [0.5, 0.6) is 0 Å². The summed E-state index contributed by atoms with van der Waals surface area (Å²) in [5, 5.41) is 5.77. The highest BCUT2D eigenvalue weighted by molar-refractivity contribution is 7.10. The van der Waals surface area contributed by atoms with Crippen molar-refractivity contribution in [1.29, 1.82) is 0 Å². The lowest BCUT2D eigenvalue weighted by atomic mass is 10.0. The number of nitrogens with zero attached hydrogens (tertiary/aromatic N) is 1. The summed E-state index contributed by atoms with van der Waals surface area (Å²) in [6.45, 7) is 0.358. The monoisotopic (exact) mass is 466 g/mol. The zero-order chi connectivity index (χ0) is 22.3. The first-order chi connectivity index (χ1) is 15.6. The van der Waals surface area contributed by atoms with E-state index in [1.165, 1.54) is 0 Å². The van der Waals surface area contributed by atoms with Crippen LogP contribution in [0, 0.1) is 0 Å². The molecule has 0 radical (unpaired) electrons. The number of thiophene rings is 1. The number of carbonyl (C=O) groups excluding carboxylic acids is 2. The van der Waals surface area contributed by atoms with E-state index in [1.807, 2.05) is 60.0 Å². The van der Waals surface area contributed by atoms with E-state index in [0.29, 0.717) is 11.6 Å². The van der Waals surface area contributed by atoms with Gasteiger partial charge in [-0.1, -0.05) is 73.0 Å². The molecule has 4 rings (SSSR count). The normalized spacial score (nSPS) is 14.8. The van der Waals surface area contributed by atoms with Crippen molar-refractivity contribution in [2.75, 3.05) is 0 Å². The lowest BCUT2D eigenvalue weighted by Crippen LogP contribution is -2.46. The number of hydrogen-bond donors (Lipinski definition) is 1. The number of hydrogen-bond acceptors (Lipinski definition) is 3. The van der Waals surface area contributed by atoms with Gasteiger partial charge in [0.25, 0.3) is 0 Å². The summed E-state index contributed by atoms with van der Waals surface area (Å²) in [5.41, 5.74) is 1.75. The summed E-state index contributed by atoms with van der Waals surface area (Å²) in [6.07, 6.45) is 4.50. The number of benzene rings is 2. The summed E-state index contributed by atoms with van der Waals surface area (Å²) >= 11 is 7.67. The van der Waals surface area contributed by atoms with Gasteiger partial charge < -0.3 is 10.2 Å². The average Bonchev–Trinajstić information content (AvgIpc) is 3.50. The van der Waals surface area contributed by atoms with Gasteiger partial charge in [0.05, 0.1) is 6.42 Å². The Hall–Kier alpha value is -2.63. The van der Waals surface area contributed by atoms with Crippen LogP contribution in [-0.4, -0.2) is 22.8 Å². The highest BCUT2D eigenvalue weighted by atomic mass is 35.5. The van der Waals surface area contributed by atoms with Crippen molar-refractivity contribution >= 4 is 34.8 Å². The molecule has 0 aliphatic heterocycles. The molecular formula is C26H27ClN2O2S. The molecule has 4 nitrogen and oxygen atoms in total. The molecular weight excluding hydrogens is 440 g/mol. The second-order valence-corrected chi connectivity index (χ2v) is 9.68. The quantitative estimate of drug-likeness (QED) is 0.458. The van der Waals surface area contributed by atoms with Crippen molar-refractivity contribution in [1.82, 2.24) is 10.2 Å². The maximum absolute atomic E-state index is 13.6. The summed E-state index contributed by atoms with van der Waals surface area (Å²) in [6, 6.07) is 20.4. The number of halogens is 1. The highest BCUT2D eigenvalue weighted by Crippen LogP contribution is 2.28. The first-order valence-corrected chi connectivity index (χ1v) is 12.3. The summed E-state index contributed by atoms with van der Waals surface area (Å²) in [5.74, 6) is -0.201. The van der Waals surface area contributed by atoms with E-state index < -0.39 is 6.04 Å². The van der Waals surface area contributed by atoms with Crippen LogP contribution in [0.15, 0.2) is 72.1 Å². The molecule has 2 amide bonds. The SMILES string of the molecule is O=C(NC1CCCC1)C(c1ccc(Cl)cc1)N(Cc1ccccc1)C(=O)Cc1cccs1. The van der Waals surface area contributed by atoms with Crippen LogP contribution in [0.4, 0.5) is 0 Å². The molecule has 3 aromatic rings. The molecule has 1 N–H and O–H groups in total. The van der Waals surface area contributed by atoms with Crippen molar-refractivity contribution in [3.8, 4) is 0 Å². The minimum atomic E-state index is -0.722. The van der Waals surface area contributed by atoms with E-state index >= 15 is 0 Å². The molecule has 0 bridgehead atoms. The van der Waals surface area contributed by atoms with Gasteiger partial charge in [-0.05, 0) is 47.5 Å². The Bertz CT molecular complexity index is 1020. The van der Waals surface area contributed by atoms with Gasteiger partial charge in [0.15, 0.2) is 0 Å². The smallest absolute Gasteiger partial charge is 0.247 e. The molecule has 1 atom stereocenters. The van der Waals surface area contributed by atoms with Crippen molar-refractivity contribution < 1.29 is 9.59 Å². The molecule has 0 saturated heterocycles. The van der Waals surface area contributed by atoms with Crippen LogP contribution < -0.4 is 5.32 Å². The lowest BCUT2D eigenvalue weighted by molar-refractivity contribution is -0.141. The number of rotatable bonds is 8. The van der Waals surface area contributed by atoms with Crippen LogP contribution >= 0.6 is 22.9 Å². The summed E-state index contributed by atoms with van der Waals surface area (Å²) in [4.78, 5) is 29.8. The van der Waals surface area contributed by atoms with Crippen molar-refractivity contribution in [3.63, 3.8) is 0 Å². The molecule has 1 aromatic heterocycles. The molecule has 1 aliphatic carbocycles. The van der Waals surface area contributed by atoms with E-state index in [0.717, 1.165) is 41.7 Å². The second kappa shape index (κ2) is 10.8. The van der Waals surface area contributed by atoms with Crippen LogP contribution in [0.3, 0.4) is 0 Å².